The zero-order chi connectivity index (χ0) is 22.6. The molecule has 0 aliphatic rings. The highest BCUT2D eigenvalue weighted by molar-refractivity contribution is 7.98. The van der Waals surface area contributed by atoms with Crippen molar-refractivity contribution in [1.82, 2.24) is 0 Å². The van der Waals surface area contributed by atoms with Crippen molar-refractivity contribution in [3.8, 4) is 0 Å². The third-order valence-electron chi connectivity index (χ3n) is 4.80. The van der Waals surface area contributed by atoms with Gasteiger partial charge in [-0.2, -0.15) is 0 Å². The van der Waals surface area contributed by atoms with E-state index in [1.807, 2.05) is 36.8 Å². The average Bonchev–Trinajstić information content (AvgIpc) is 2.83. The van der Waals surface area contributed by atoms with E-state index in [1.165, 1.54) is 0 Å². The summed E-state index contributed by atoms with van der Waals surface area (Å²) in [5.74, 6) is -0.590. The molecule has 0 aliphatic heterocycles. The van der Waals surface area contributed by atoms with Gasteiger partial charge in [0.15, 0.2) is 0 Å². The van der Waals surface area contributed by atoms with E-state index < -0.39 is 0 Å². The molecule has 8 heteroatoms. The second kappa shape index (κ2) is 13.0. The topological polar surface area (TPSA) is 99.3 Å². The van der Waals surface area contributed by atoms with Gasteiger partial charge in [0.1, 0.15) is 11.4 Å². The van der Waals surface area contributed by atoms with Crippen molar-refractivity contribution in [1.29, 1.82) is 0 Å². The maximum atomic E-state index is 12.5. The van der Waals surface area contributed by atoms with Crippen molar-refractivity contribution in [3.05, 3.63) is 59.7 Å². The SMILES string of the molecule is CSc1ccc(C(=O)/C(CCCCC/C(=N/O)C(=O)c2ccc(SC)cc2)=N\O)cc1. The van der Waals surface area contributed by atoms with Crippen molar-refractivity contribution in [2.75, 3.05) is 12.5 Å². The molecule has 0 amide bonds. The predicted molar refractivity (Wildman–Crippen MR) is 127 cm³/mol. The first-order valence-electron chi connectivity index (χ1n) is 9.83. The average molecular weight is 459 g/mol. The lowest BCUT2D eigenvalue weighted by atomic mass is 9.99. The maximum absolute atomic E-state index is 12.5. The van der Waals surface area contributed by atoms with Crippen molar-refractivity contribution >= 4 is 46.5 Å². The fraction of sp³-hybridized carbons (Fsp3) is 0.304. The lowest BCUT2D eigenvalue weighted by Crippen LogP contribution is -2.15. The molecule has 0 saturated heterocycles. The first-order chi connectivity index (χ1) is 15.0. The number of Topliss-reactive ketones (excluding diaryl/α,β-unsaturated/α-hetero) is 2. The van der Waals surface area contributed by atoms with Crippen LogP contribution in [0.4, 0.5) is 0 Å². The highest BCUT2D eigenvalue weighted by atomic mass is 32.2. The largest absolute Gasteiger partial charge is 0.411 e. The van der Waals surface area contributed by atoms with Gasteiger partial charge in [-0.1, -0.05) is 16.7 Å². The Balaban J connectivity index is 1.81. The van der Waals surface area contributed by atoms with Crippen molar-refractivity contribution in [3.63, 3.8) is 0 Å². The Hall–Kier alpha value is -2.58. The summed E-state index contributed by atoms with van der Waals surface area (Å²) in [6, 6.07) is 14.3. The predicted octanol–water partition coefficient (Wildman–Crippen LogP) is 5.81. The summed E-state index contributed by atoms with van der Waals surface area (Å²) in [4.78, 5) is 27.1. The highest BCUT2D eigenvalue weighted by Gasteiger charge is 2.16. The molecule has 2 aromatic carbocycles. The smallest absolute Gasteiger partial charge is 0.210 e. The van der Waals surface area contributed by atoms with E-state index in [-0.39, 0.29) is 23.0 Å². The molecule has 0 atom stereocenters. The Morgan fingerprint density at radius 1 is 0.677 bits per heavy atom. The zero-order valence-electron chi connectivity index (χ0n) is 17.6. The molecule has 0 fully saturated rings. The summed E-state index contributed by atoms with van der Waals surface area (Å²) >= 11 is 3.17. The normalized spacial score (nSPS) is 12.1. The van der Waals surface area contributed by atoms with E-state index in [4.69, 9.17) is 0 Å². The Bertz CT molecular complexity index is 862. The van der Waals surface area contributed by atoms with Crippen molar-refractivity contribution in [2.24, 2.45) is 10.3 Å². The number of hydrogen-bond donors (Lipinski definition) is 2. The van der Waals surface area contributed by atoms with Gasteiger partial charge in [-0.25, -0.2) is 0 Å². The fourth-order valence-electron chi connectivity index (χ4n) is 3.00. The van der Waals surface area contributed by atoms with Gasteiger partial charge < -0.3 is 10.4 Å². The van der Waals surface area contributed by atoms with Gasteiger partial charge in [0, 0.05) is 20.9 Å². The number of ketones is 2. The molecular formula is C23H26N2O4S2. The number of carbonyl (C=O) groups is 2. The number of hydrogen-bond acceptors (Lipinski definition) is 8. The van der Waals surface area contributed by atoms with Gasteiger partial charge in [0.2, 0.25) is 11.6 Å². The third kappa shape index (κ3) is 7.25. The van der Waals surface area contributed by atoms with Crippen molar-refractivity contribution in [2.45, 2.75) is 41.9 Å². The minimum absolute atomic E-state index is 0.109. The van der Waals surface area contributed by atoms with Gasteiger partial charge >= 0.3 is 0 Å². The molecule has 0 radical (unpaired) electrons. The van der Waals surface area contributed by atoms with Gasteiger partial charge in [-0.3, -0.25) is 9.59 Å². The van der Waals surface area contributed by atoms with Crippen LogP contribution >= 0.6 is 23.5 Å². The van der Waals surface area contributed by atoms with Gasteiger partial charge in [0.05, 0.1) is 0 Å². The summed E-state index contributed by atoms with van der Waals surface area (Å²) in [5.41, 5.74) is 1.19. The van der Waals surface area contributed by atoms with E-state index in [1.54, 1.807) is 47.8 Å². The number of carbonyl (C=O) groups excluding carboxylic acids is 2. The number of nitrogens with zero attached hydrogens (tertiary/aromatic N) is 2. The Morgan fingerprint density at radius 3 is 1.32 bits per heavy atom. The lowest BCUT2D eigenvalue weighted by Gasteiger charge is -2.06. The van der Waals surface area contributed by atoms with E-state index in [9.17, 15) is 20.0 Å². The molecule has 0 saturated carbocycles. The molecule has 2 rings (SSSR count). The molecule has 31 heavy (non-hydrogen) atoms. The van der Waals surface area contributed by atoms with Gasteiger partial charge in [0.25, 0.3) is 0 Å². The number of thioether (sulfide) groups is 2. The number of benzene rings is 2. The summed E-state index contributed by atoms with van der Waals surface area (Å²) in [6.07, 6.45) is 6.49. The van der Waals surface area contributed by atoms with Crippen LogP contribution in [-0.2, 0) is 0 Å². The van der Waals surface area contributed by atoms with Crippen LogP contribution in [-0.4, -0.2) is 45.9 Å². The van der Waals surface area contributed by atoms with Gasteiger partial charge in [-0.15, -0.1) is 23.5 Å². The monoisotopic (exact) mass is 458 g/mol. The molecule has 0 aliphatic carbocycles. The molecule has 164 valence electrons. The van der Waals surface area contributed by atoms with Crippen molar-refractivity contribution < 1.29 is 20.0 Å². The van der Waals surface area contributed by atoms with E-state index in [0.717, 1.165) is 9.79 Å². The van der Waals surface area contributed by atoms with Crippen LogP contribution in [0.2, 0.25) is 0 Å². The van der Waals surface area contributed by atoms with E-state index >= 15 is 0 Å². The van der Waals surface area contributed by atoms with Crippen LogP contribution in [0.25, 0.3) is 0 Å². The lowest BCUT2D eigenvalue weighted by molar-refractivity contribution is 0.105. The molecular weight excluding hydrogens is 432 g/mol. The highest BCUT2D eigenvalue weighted by Crippen LogP contribution is 2.18. The summed E-state index contributed by atoms with van der Waals surface area (Å²) in [7, 11) is 0. The van der Waals surface area contributed by atoms with Crippen LogP contribution in [0.15, 0.2) is 68.6 Å². The molecule has 6 nitrogen and oxygen atoms in total. The molecule has 2 N–H and O–H groups in total. The summed E-state index contributed by atoms with van der Waals surface area (Å²) < 4.78 is 0. The second-order valence-corrected chi connectivity index (χ2v) is 8.53. The van der Waals surface area contributed by atoms with Crippen LogP contribution < -0.4 is 0 Å². The standard InChI is InChI=1S/C23H26N2O4S2/c1-30-18-12-8-16(9-13-18)22(26)20(24-28)6-4-3-5-7-21(25-29)23(27)17-10-14-19(31-2)15-11-17/h8-15,28-29H,3-7H2,1-2H3/b24-20-,25-21-. The Labute approximate surface area is 190 Å². The van der Waals surface area contributed by atoms with E-state index in [0.29, 0.717) is 43.2 Å². The van der Waals surface area contributed by atoms with Crippen LogP contribution in [0, 0.1) is 0 Å². The second-order valence-electron chi connectivity index (χ2n) is 6.77. The number of oxime groups is 2. The molecule has 0 unspecified atom stereocenters. The molecule has 0 aromatic heterocycles. The Kier molecular flexibility index (Phi) is 10.3. The Morgan fingerprint density at radius 2 is 1.03 bits per heavy atom. The fourth-order valence-corrected chi connectivity index (χ4v) is 3.81. The zero-order valence-corrected chi connectivity index (χ0v) is 19.2. The third-order valence-corrected chi connectivity index (χ3v) is 6.28. The molecule has 0 bridgehead atoms. The minimum atomic E-state index is -0.295. The molecule has 0 spiro atoms. The minimum Gasteiger partial charge on any atom is -0.411 e. The van der Waals surface area contributed by atoms with Crippen LogP contribution in [0.1, 0.15) is 52.8 Å². The number of rotatable bonds is 12. The van der Waals surface area contributed by atoms with Crippen LogP contribution in [0.5, 0.6) is 0 Å². The first kappa shape index (κ1) is 24.7. The van der Waals surface area contributed by atoms with Crippen LogP contribution in [0.3, 0.4) is 0 Å². The molecule has 0 heterocycles. The molecule has 2 aromatic rings. The maximum Gasteiger partial charge on any atom is 0.210 e. The first-order valence-corrected chi connectivity index (χ1v) is 12.3. The van der Waals surface area contributed by atoms with Gasteiger partial charge in [-0.05, 0) is 86.7 Å². The quantitative estimate of drug-likeness (QED) is 0.104. The summed E-state index contributed by atoms with van der Waals surface area (Å²) in [6.45, 7) is 0. The summed E-state index contributed by atoms with van der Waals surface area (Å²) in [5, 5.41) is 24.8. The number of unbranched alkanes of at least 4 members (excludes halogenated alkanes) is 2. The van der Waals surface area contributed by atoms with E-state index in [2.05, 4.69) is 10.3 Å².